The monoisotopic (exact) mass is 462 g/mol. The molecule has 31 heavy (non-hydrogen) atoms. The van der Waals surface area contributed by atoms with Crippen LogP contribution in [0.1, 0.15) is 39.2 Å². The number of carbonyl (C=O) groups excluding carboxylic acids is 2. The fraction of sp³-hybridized carbons (Fsp3) is 0.417. The molecule has 2 aromatic carbocycles. The van der Waals surface area contributed by atoms with Crippen LogP contribution < -0.4 is 10.1 Å². The Bertz CT molecular complexity index is 843. The smallest absolute Gasteiger partial charge is 0.243 e. The van der Waals surface area contributed by atoms with Gasteiger partial charge in [0.1, 0.15) is 11.8 Å². The van der Waals surface area contributed by atoms with Crippen LogP contribution in [0.3, 0.4) is 0 Å². The van der Waals surface area contributed by atoms with Gasteiger partial charge in [-0.15, -0.1) is 11.8 Å². The molecule has 0 unspecified atom stereocenters. The van der Waals surface area contributed by atoms with E-state index in [1.807, 2.05) is 57.2 Å². The summed E-state index contributed by atoms with van der Waals surface area (Å²) in [5.41, 5.74) is 0.945. The first-order chi connectivity index (χ1) is 14.9. The first-order valence-corrected chi connectivity index (χ1v) is 11.8. The quantitative estimate of drug-likeness (QED) is 0.468. The molecule has 0 aromatic heterocycles. The molecular weight excluding hydrogens is 432 g/mol. The maximum Gasteiger partial charge on any atom is 0.243 e. The van der Waals surface area contributed by atoms with Gasteiger partial charge in [-0.05, 0) is 61.7 Å². The third-order valence-electron chi connectivity index (χ3n) is 5.07. The molecule has 0 saturated carbocycles. The SMILES string of the molecule is CC[C@@H](C)NC(=O)[C@@H](CC)N(Cc1ccc(OC)cc1)C(=O)CSc1ccc(Cl)cc1. The predicted molar refractivity (Wildman–Crippen MR) is 128 cm³/mol. The van der Waals surface area contributed by atoms with Crippen LogP contribution in [0.4, 0.5) is 0 Å². The molecular formula is C24H31ClN2O3S. The van der Waals surface area contributed by atoms with E-state index in [4.69, 9.17) is 16.3 Å². The first-order valence-electron chi connectivity index (χ1n) is 10.5. The van der Waals surface area contributed by atoms with Crippen molar-refractivity contribution in [2.24, 2.45) is 0 Å². The number of nitrogens with zero attached hydrogens (tertiary/aromatic N) is 1. The largest absolute Gasteiger partial charge is 0.497 e. The van der Waals surface area contributed by atoms with Gasteiger partial charge in [-0.3, -0.25) is 9.59 Å². The van der Waals surface area contributed by atoms with Gasteiger partial charge in [0.05, 0.1) is 12.9 Å². The number of nitrogens with one attached hydrogen (secondary N) is 1. The average molecular weight is 463 g/mol. The standard InChI is InChI=1S/C24H31ClN2O3S/c1-5-17(3)26-24(29)22(6-2)27(15-18-7-11-20(30-4)12-8-18)23(28)16-31-21-13-9-19(25)10-14-21/h7-14,17,22H,5-6,15-16H2,1-4H3,(H,26,29)/t17-,22-/m1/s1. The molecule has 2 aromatic rings. The molecule has 7 heteroatoms. The van der Waals surface area contributed by atoms with Crippen molar-refractivity contribution in [3.05, 3.63) is 59.1 Å². The molecule has 0 saturated heterocycles. The highest BCUT2D eigenvalue weighted by atomic mass is 35.5. The minimum absolute atomic E-state index is 0.0583. The predicted octanol–water partition coefficient (Wildman–Crippen LogP) is 5.16. The number of rotatable bonds is 11. The van der Waals surface area contributed by atoms with Gasteiger partial charge in [-0.25, -0.2) is 0 Å². The number of hydrogen-bond donors (Lipinski definition) is 1. The second kappa shape index (κ2) is 12.6. The summed E-state index contributed by atoms with van der Waals surface area (Å²) >= 11 is 7.39. The van der Waals surface area contributed by atoms with Crippen LogP contribution in [0.5, 0.6) is 5.75 Å². The summed E-state index contributed by atoms with van der Waals surface area (Å²) in [5.74, 6) is 0.795. The summed E-state index contributed by atoms with van der Waals surface area (Å²) in [6, 6.07) is 14.5. The molecule has 5 nitrogen and oxygen atoms in total. The van der Waals surface area contributed by atoms with Crippen LogP contribution in [0.25, 0.3) is 0 Å². The number of thioether (sulfide) groups is 1. The number of benzene rings is 2. The highest BCUT2D eigenvalue weighted by Crippen LogP contribution is 2.23. The fourth-order valence-corrected chi connectivity index (χ4v) is 3.96. The highest BCUT2D eigenvalue weighted by molar-refractivity contribution is 8.00. The maximum absolute atomic E-state index is 13.2. The van der Waals surface area contributed by atoms with Crippen LogP contribution in [-0.4, -0.2) is 41.7 Å². The number of methoxy groups -OCH3 is 1. The van der Waals surface area contributed by atoms with Gasteiger partial charge >= 0.3 is 0 Å². The van der Waals surface area contributed by atoms with Crippen molar-refractivity contribution < 1.29 is 14.3 Å². The Kier molecular flexibility index (Phi) is 10.2. The van der Waals surface area contributed by atoms with Gasteiger partial charge in [0.2, 0.25) is 11.8 Å². The Labute approximate surface area is 194 Å². The summed E-state index contributed by atoms with van der Waals surface area (Å²) in [5, 5.41) is 3.68. The zero-order valence-electron chi connectivity index (χ0n) is 18.6. The molecule has 0 heterocycles. The topological polar surface area (TPSA) is 58.6 Å². The summed E-state index contributed by atoms with van der Waals surface area (Å²) in [4.78, 5) is 28.8. The molecule has 0 bridgehead atoms. The van der Waals surface area contributed by atoms with Crippen molar-refractivity contribution in [1.82, 2.24) is 10.2 Å². The molecule has 0 aliphatic heterocycles. The lowest BCUT2D eigenvalue weighted by atomic mass is 10.1. The molecule has 2 amide bonds. The lowest BCUT2D eigenvalue weighted by Crippen LogP contribution is -2.51. The van der Waals surface area contributed by atoms with Gasteiger partial charge in [-0.2, -0.15) is 0 Å². The van der Waals surface area contributed by atoms with Gasteiger partial charge in [0.15, 0.2) is 0 Å². The van der Waals surface area contributed by atoms with Crippen molar-refractivity contribution >= 4 is 35.2 Å². The zero-order valence-corrected chi connectivity index (χ0v) is 20.1. The van der Waals surface area contributed by atoms with Crippen molar-refractivity contribution in [2.75, 3.05) is 12.9 Å². The molecule has 0 spiro atoms. The van der Waals surface area contributed by atoms with Gasteiger partial charge in [0.25, 0.3) is 0 Å². The molecule has 2 atom stereocenters. The van der Waals surface area contributed by atoms with E-state index in [1.54, 1.807) is 24.1 Å². The van der Waals surface area contributed by atoms with Crippen LogP contribution in [0.15, 0.2) is 53.4 Å². The number of halogens is 1. The van der Waals surface area contributed by atoms with E-state index in [2.05, 4.69) is 5.32 Å². The van der Waals surface area contributed by atoms with Gasteiger partial charge in [0, 0.05) is 22.5 Å². The van der Waals surface area contributed by atoms with Gasteiger partial charge < -0.3 is 15.0 Å². The first kappa shape index (κ1) is 25.1. The molecule has 0 aliphatic rings. The number of amides is 2. The van der Waals surface area contributed by atoms with Crippen molar-refractivity contribution in [1.29, 1.82) is 0 Å². The second-order valence-electron chi connectivity index (χ2n) is 7.35. The maximum atomic E-state index is 13.2. The average Bonchev–Trinajstić information content (AvgIpc) is 2.78. The van der Waals surface area contributed by atoms with Gasteiger partial charge in [-0.1, -0.05) is 37.6 Å². The second-order valence-corrected chi connectivity index (χ2v) is 8.84. The molecule has 2 rings (SSSR count). The van der Waals surface area contributed by atoms with E-state index in [0.717, 1.165) is 22.6 Å². The van der Waals surface area contributed by atoms with E-state index in [0.29, 0.717) is 18.0 Å². The van der Waals surface area contributed by atoms with E-state index in [-0.39, 0.29) is 23.6 Å². The minimum Gasteiger partial charge on any atom is -0.497 e. The molecule has 0 aliphatic carbocycles. The lowest BCUT2D eigenvalue weighted by Gasteiger charge is -2.31. The zero-order chi connectivity index (χ0) is 22.8. The summed E-state index contributed by atoms with van der Waals surface area (Å²) < 4.78 is 5.22. The molecule has 1 N–H and O–H groups in total. The third kappa shape index (κ3) is 7.78. The van der Waals surface area contributed by atoms with E-state index >= 15 is 0 Å². The van der Waals surface area contributed by atoms with Crippen LogP contribution in [0, 0.1) is 0 Å². The molecule has 0 radical (unpaired) electrons. The Hall–Kier alpha value is -2.18. The van der Waals surface area contributed by atoms with Crippen molar-refractivity contribution in [2.45, 2.75) is 57.1 Å². The van der Waals surface area contributed by atoms with E-state index in [9.17, 15) is 9.59 Å². The van der Waals surface area contributed by atoms with Crippen LogP contribution in [-0.2, 0) is 16.1 Å². The summed E-state index contributed by atoms with van der Waals surface area (Å²) in [7, 11) is 1.62. The normalized spacial score (nSPS) is 12.7. The lowest BCUT2D eigenvalue weighted by molar-refractivity contribution is -0.139. The molecule has 168 valence electrons. The van der Waals surface area contributed by atoms with Crippen molar-refractivity contribution in [3.63, 3.8) is 0 Å². The number of hydrogen-bond acceptors (Lipinski definition) is 4. The number of ether oxygens (including phenoxy) is 1. The van der Waals surface area contributed by atoms with Crippen LogP contribution in [0.2, 0.25) is 5.02 Å². The third-order valence-corrected chi connectivity index (χ3v) is 6.32. The Morgan fingerprint density at radius 3 is 2.26 bits per heavy atom. The van der Waals surface area contributed by atoms with Crippen molar-refractivity contribution in [3.8, 4) is 5.75 Å². The summed E-state index contributed by atoms with van der Waals surface area (Å²) in [6.45, 7) is 6.28. The summed E-state index contributed by atoms with van der Waals surface area (Å²) in [6.07, 6.45) is 1.37. The fourth-order valence-electron chi connectivity index (χ4n) is 3.05. The Morgan fingerprint density at radius 1 is 1.06 bits per heavy atom. The number of carbonyl (C=O) groups is 2. The van der Waals surface area contributed by atoms with E-state index in [1.165, 1.54) is 11.8 Å². The Morgan fingerprint density at radius 2 is 1.71 bits per heavy atom. The molecule has 0 fully saturated rings. The van der Waals surface area contributed by atoms with E-state index < -0.39 is 6.04 Å². The minimum atomic E-state index is -0.533. The highest BCUT2D eigenvalue weighted by Gasteiger charge is 2.29. The van der Waals surface area contributed by atoms with Crippen LogP contribution >= 0.6 is 23.4 Å². The Balaban J connectivity index is 2.20.